The number of rotatable bonds is 5. The van der Waals surface area contributed by atoms with Crippen LogP contribution in [0.3, 0.4) is 0 Å². The normalized spacial score (nSPS) is 9.80. The van der Waals surface area contributed by atoms with Gasteiger partial charge in [-0.2, -0.15) is 5.26 Å². The molecule has 6 nitrogen and oxygen atoms in total. The lowest BCUT2D eigenvalue weighted by Crippen LogP contribution is -2.21. The Bertz CT molecular complexity index is 870. The van der Waals surface area contributed by atoms with Gasteiger partial charge in [0.05, 0.1) is 17.2 Å². The quantitative estimate of drug-likeness (QED) is 0.667. The van der Waals surface area contributed by atoms with Crippen LogP contribution in [-0.4, -0.2) is 24.3 Å². The molecule has 0 heterocycles. The van der Waals surface area contributed by atoms with Crippen LogP contribution in [0.4, 0.5) is 10.1 Å². The van der Waals surface area contributed by atoms with Gasteiger partial charge in [-0.3, -0.25) is 9.59 Å². The fraction of sp³-hybridized carbons (Fsp3) is 0.111. The lowest BCUT2D eigenvalue weighted by molar-refractivity contribution is -0.119. The SMILES string of the molecule is CC(=O)c1ccc(NC(=O)COC(=O)c2ccc(C#N)cc2F)cc1. The van der Waals surface area contributed by atoms with Crippen molar-refractivity contribution in [3.05, 3.63) is 65.0 Å². The summed E-state index contributed by atoms with van der Waals surface area (Å²) in [5, 5.41) is 11.1. The molecule has 0 radical (unpaired) electrons. The summed E-state index contributed by atoms with van der Waals surface area (Å²) < 4.78 is 18.4. The largest absolute Gasteiger partial charge is 0.452 e. The predicted molar refractivity (Wildman–Crippen MR) is 86.5 cm³/mol. The molecule has 0 aromatic heterocycles. The number of nitriles is 1. The third kappa shape index (κ3) is 4.72. The molecule has 25 heavy (non-hydrogen) atoms. The van der Waals surface area contributed by atoms with Crippen molar-refractivity contribution in [2.45, 2.75) is 6.92 Å². The number of carbonyl (C=O) groups excluding carboxylic acids is 3. The lowest BCUT2D eigenvalue weighted by atomic mass is 10.1. The van der Waals surface area contributed by atoms with E-state index in [0.29, 0.717) is 11.3 Å². The van der Waals surface area contributed by atoms with Crippen molar-refractivity contribution in [3.63, 3.8) is 0 Å². The summed E-state index contributed by atoms with van der Waals surface area (Å²) in [6.07, 6.45) is 0. The Balaban J connectivity index is 1.92. The monoisotopic (exact) mass is 340 g/mol. The molecule has 126 valence electrons. The summed E-state index contributed by atoms with van der Waals surface area (Å²) in [6.45, 7) is 0.821. The minimum atomic E-state index is -1.01. The van der Waals surface area contributed by atoms with Gasteiger partial charge < -0.3 is 10.1 Å². The van der Waals surface area contributed by atoms with Crippen LogP contribution >= 0.6 is 0 Å². The second kappa shape index (κ2) is 7.84. The van der Waals surface area contributed by atoms with Crippen LogP contribution in [0.15, 0.2) is 42.5 Å². The third-order valence-electron chi connectivity index (χ3n) is 3.23. The molecule has 2 rings (SSSR count). The molecule has 2 aromatic carbocycles. The van der Waals surface area contributed by atoms with Crippen LogP contribution in [0.1, 0.15) is 33.2 Å². The number of esters is 1. The lowest BCUT2D eigenvalue weighted by Gasteiger charge is -2.07. The zero-order valence-electron chi connectivity index (χ0n) is 13.2. The van der Waals surface area contributed by atoms with Crippen LogP contribution < -0.4 is 5.32 Å². The van der Waals surface area contributed by atoms with Crippen molar-refractivity contribution in [1.82, 2.24) is 0 Å². The van der Waals surface area contributed by atoms with Gasteiger partial charge in [-0.25, -0.2) is 9.18 Å². The first-order valence-electron chi connectivity index (χ1n) is 7.18. The molecule has 1 amide bonds. The third-order valence-corrected chi connectivity index (χ3v) is 3.23. The van der Waals surface area contributed by atoms with Crippen LogP contribution in [0.2, 0.25) is 0 Å². The number of ether oxygens (including phenoxy) is 1. The number of benzene rings is 2. The van der Waals surface area contributed by atoms with Crippen molar-refractivity contribution in [1.29, 1.82) is 5.26 Å². The van der Waals surface area contributed by atoms with E-state index in [1.807, 2.05) is 0 Å². The second-order valence-corrected chi connectivity index (χ2v) is 5.06. The first-order chi connectivity index (χ1) is 11.9. The van der Waals surface area contributed by atoms with Crippen molar-refractivity contribution >= 4 is 23.3 Å². The molecule has 0 saturated heterocycles. The first kappa shape index (κ1) is 17.8. The van der Waals surface area contributed by atoms with Gasteiger partial charge >= 0.3 is 5.97 Å². The zero-order valence-corrected chi connectivity index (χ0v) is 13.2. The Kier molecular flexibility index (Phi) is 5.58. The molecule has 0 aliphatic carbocycles. The van der Waals surface area contributed by atoms with Crippen molar-refractivity contribution in [3.8, 4) is 6.07 Å². The average Bonchev–Trinajstić information content (AvgIpc) is 2.60. The van der Waals surface area contributed by atoms with E-state index in [9.17, 15) is 18.8 Å². The number of carbonyl (C=O) groups is 3. The Labute approximate surface area is 142 Å². The molecule has 0 fully saturated rings. The number of anilines is 1. The van der Waals surface area contributed by atoms with Gasteiger partial charge in [-0.05, 0) is 49.4 Å². The zero-order chi connectivity index (χ0) is 18.4. The average molecular weight is 340 g/mol. The number of nitrogens with zero attached hydrogens (tertiary/aromatic N) is 1. The van der Waals surface area contributed by atoms with Crippen LogP contribution in [0.25, 0.3) is 0 Å². The highest BCUT2D eigenvalue weighted by Crippen LogP contribution is 2.12. The maximum Gasteiger partial charge on any atom is 0.341 e. The van der Waals surface area contributed by atoms with Crippen molar-refractivity contribution in [2.75, 3.05) is 11.9 Å². The minimum Gasteiger partial charge on any atom is -0.452 e. The van der Waals surface area contributed by atoms with E-state index in [0.717, 1.165) is 12.1 Å². The maximum absolute atomic E-state index is 13.7. The fourth-order valence-electron chi connectivity index (χ4n) is 1.94. The summed E-state index contributed by atoms with van der Waals surface area (Å²) in [4.78, 5) is 34.7. The van der Waals surface area contributed by atoms with Crippen molar-refractivity contribution < 1.29 is 23.5 Å². The van der Waals surface area contributed by atoms with Crippen molar-refractivity contribution in [2.24, 2.45) is 0 Å². The molecule has 7 heteroatoms. The highest BCUT2D eigenvalue weighted by atomic mass is 19.1. The summed E-state index contributed by atoms with van der Waals surface area (Å²) in [5.74, 6) is -2.62. The number of hydrogen-bond acceptors (Lipinski definition) is 5. The predicted octanol–water partition coefficient (Wildman–Crippen LogP) is 2.70. The molecular weight excluding hydrogens is 327 g/mol. The van der Waals surface area contributed by atoms with Gasteiger partial charge in [0.1, 0.15) is 5.82 Å². The molecule has 0 spiro atoms. The topological polar surface area (TPSA) is 96.3 Å². The van der Waals surface area contributed by atoms with Gasteiger partial charge in [0.15, 0.2) is 12.4 Å². The number of halogens is 1. The summed E-state index contributed by atoms with van der Waals surface area (Å²) in [7, 11) is 0. The molecule has 0 aliphatic rings. The number of hydrogen-bond donors (Lipinski definition) is 1. The van der Waals surface area contributed by atoms with Crippen LogP contribution in [-0.2, 0) is 9.53 Å². The van der Waals surface area contributed by atoms with Gasteiger partial charge in [0.25, 0.3) is 5.91 Å². The van der Waals surface area contributed by atoms with Gasteiger partial charge in [0, 0.05) is 11.3 Å². The van der Waals surface area contributed by atoms with E-state index in [4.69, 9.17) is 10.00 Å². The molecule has 0 bridgehead atoms. The van der Waals surface area contributed by atoms with Crippen LogP contribution in [0, 0.1) is 17.1 Å². The molecule has 1 N–H and O–H groups in total. The molecular formula is C18H13FN2O4. The number of ketones is 1. The van der Waals surface area contributed by atoms with E-state index in [1.54, 1.807) is 18.2 Å². The number of Topliss-reactive ketones (excluding diaryl/α,β-unsaturated/α-hetero) is 1. The van der Waals surface area contributed by atoms with Gasteiger partial charge in [-0.1, -0.05) is 0 Å². The fourth-order valence-corrected chi connectivity index (χ4v) is 1.94. The number of nitrogens with one attached hydrogen (secondary N) is 1. The van der Waals surface area contributed by atoms with Gasteiger partial charge in [-0.15, -0.1) is 0 Å². The van der Waals surface area contributed by atoms with E-state index in [1.165, 1.54) is 25.1 Å². The molecule has 0 saturated carbocycles. The Morgan fingerprint density at radius 1 is 1.16 bits per heavy atom. The summed E-state index contributed by atoms with van der Waals surface area (Å²) in [5.41, 5.74) is 0.634. The highest BCUT2D eigenvalue weighted by Gasteiger charge is 2.15. The Morgan fingerprint density at radius 3 is 2.40 bits per heavy atom. The van der Waals surface area contributed by atoms with E-state index < -0.39 is 24.3 Å². The highest BCUT2D eigenvalue weighted by molar-refractivity contribution is 5.97. The summed E-state index contributed by atoms with van der Waals surface area (Å²) >= 11 is 0. The van der Waals surface area contributed by atoms with E-state index in [2.05, 4.69) is 5.32 Å². The molecule has 0 atom stereocenters. The maximum atomic E-state index is 13.7. The minimum absolute atomic E-state index is 0.0702. The first-order valence-corrected chi connectivity index (χ1v) is 7.18. The second-order valence-electron chi connectivity index (χ2n) is 5.06. The van der Waals surface area contributed by atoms with E-state index >= 15 is 0 Å². The molecule has 0 aliphatic heterocycles. The smallest absolute Gasteiger partial charge is 0.341 e. The van der Waals surface area contributed by atoms with Crippen LogP contribution in [0.5, 0.6) is 0 Å². The Hall–Kier alpha value is -3.53. The standard InChI is InChI=1S/C18H13FN2O4/c1-11(22)13-3-5-14(6-4-13)21-17(23)10-25-18(24)15-7-2-12(9-20)8-16(15)19/h2-8H,10H2,1H3,(H,21,23). The Morgan fingerprint density at radius 2 is 1.84 bits per heavy atom. The number of amides is 1. The van der Waals surface area contributed by atoms with Gasteiger partial charge in [0.2, 0.25) is 0 Å². The molecule has 0 unspecified atom stereocenters. The van der Waals surface area contributed by atoms with E-state index in [-0.39, 0.29) is 16.9 Å². The summed E-state index contributed by atoms with van der Waals surface area (Å²) in [6, 6.07) is 11.2. The molecule has 2 aromatic rings.